The summed E-state index contributed by atoms with van der Waals surface area (Å²) in [5.41, 5.74) is 0.258. The molecule has 1 amide bonds. The van der Waals surface area contributed by atoms with Gasteiger partial charge in [-0.3, -0.25) is 4.79 Å². The maximum absolute atomic E-state index is 13.2. The molecule has 1 aromatic rings. The summed E-state index contributed by atoms with van der Waals surface area (Å²) in [6, 6.07) is 4.46. The Bertz CT molecular complexity index is 505. The van der Waals surface area contributed by atoms with Gasteiger partial charge >= 0.3 is 0 Å². The first kappa shape index (κ1) is 15.4. The number of carbonyl (C=O) groups is 1. The molecule has 1 saturated carbocycles. The van der Waals surface area contributed by atoms with Crippen LogP contribution in [0.1, 0.15) is 31.7 Å². The number of halogens is 2. The van der Waals surface area contributed by atoms with Crippen LogP contribution < -0.4 is 5.32 Å². The van der Waals surface area contributed by atoms with Crippen molar-refractivity contribution in [3.8, 4) is 0 Å². The van der Waals surface area contributed by atoms with Gasteiger partial charge in [-0.15, -0.1) is 0 Å². The fraction of sp³-hybridized carbons (Fsp3) is 0.533. The molecule has 0 bridgehead atoms. The molecule has 0 spiro atoms. The van der Waals surface area contributed by atoms with Gasteiger partial charge in [0.25, 0.3) is 0 Å². The number of benzene rings is 1. The number of rotatable bonds is 6. The maximum Gasteiger partial charge on any atom is 0.220 e. The molecule has 0 heterocycles. The summed E-state index contributed by atoms with van der Waals surface area (Å²) in [6.45, 7) is 1.83. The van der Waals surface area contributed by atoms with Crippen molar-refractivity contribution in [3.05, 3.63) is 34.1 Å². The van der Waals surface area contributed by atoms with E-state index in [9.17, 15) is 14.3 Å². The lowest BCUT2D eigenvalue weighted by atomic mass is 9.96. The van der Waals surface area contributed by atoms with Crippen molar-refractivity contribution in [1.29, 1.82) is 0 Å². The number of aliphatic hydroxyl groups is 1. The number of carbonyl (C=O) groups excluding carboxylic acids is 1. The quantitative estimate of drug-likeness (QED) is 0.834. The van der Waals surface area contributed by atoms with Crippen LogP contribution in [-0.2, 0) is 11.2 Å². The Labute approximate surface area is 126 Å². The first-order valence-electron chi connectivity index (χ1n) is 6.80. The van der Waals surface area contributed by atoms with E-state index >= 15 is 0 Å². The molecule has 0 saturated heterocycles. The highest BCUT2D eigenvalue weighted by Crippen LogP contribution is 2.39. The molecule has 110 valence electrons. The van der Waals surface area contributed by atoms with Crippen LogP contribution >= 0.6 is 15.9 Å². The van der Waals surface area contributed by atoms with E-state index in [1.165, 1.54) is 12.1 Å². The van der Waals surface area contributed by atoms with E-state index in [2.05, 4.69) is 21.2 Å². The highest BCUT2D eigenvalue weighted by Gasteiger charge is 2.41. The zero-order valence-electron chi connectivity index (χ0n) is 11.5. The second-order valence-corrected chi connectivity index (χ2v) is 6.49. The Kier molecular flexibility index (Phi) is 4.81. The molecule has 1 fully saturated rings. The smallest absolute Gasteiger partial charge is 0.220 e. The maximum atomic E-state index is 13.2. The van der Waals surface area contributed by atoms with E-state index in [1.54, 1.807) is 6.07 Å². The minimum atomic E-state index is -0.518. The molecule has 0 aliphatic heterocycles. The van der Waals surface area contributed by atoms with Crippen LogP contribution in [0, 0.1) is 11.7 Å². The Morgan fingerprint density at radius 2 is 2.25 bits per heavy atom. The minimum absolute atomic E-state index is 0.0485. The monoisotopic (exact) mass is 343 g/mol. The third kappa shape index (κ3) is 3.79. The molecular weight excluding hydrogens is 325 g/mol. The molecule has 20 heavy (non-hydrogen) atoms. The average molecular weight is 344 g/mol. The largest absolute Gasteiger partial charge is 0.394 e. The van der Waals surface area contributed by atoms with Gasteiger partial charge < -0.3 is 10.4 Å². The Morgan fingerprint density at radius 1 is 1.55 bits per heavy atom. The van der Waals surface area contributed by atoms with Gasteiger partial charge in [-0.25, -0.2) is 4.39 Å². The van der Waals surface area contributed by atoms with Gasteiger partial charge in [-0.05, 0) is 55.9 Å². The van der Waals surface area contributed by atoms with E-state index < -0.39 is 5.54 Å². The molecule has 1 aromatic carbocycles. The number of hydrogen-bond acceptors (Lipinski definition) is 2. The summed E-state index contributed by atoms with van der Waals surface area (Å²) in [7, 11) is 0. The molecule has 1 atom stereocenters. The van der Waals surface area contributed by atoms with Gasteiger partial charge in [-0.1, -0.05) is 15.9 Å². The normalized spacial score (nSPS) is 17.6. The van der Waals surface area contributed by atoms with Gasteiger partial charge in [0.15, 0.2) is 0 Å². The molecule has 0 aromatic heterocycles. The van der Waals surface area contributed by atoms with Crippen LogP contribution in [-0.4, -0.2) is 23.2 Å². The van der Waals surface area contributed by atoms with Crippen molar-refractivity contribution in [1.82, 2.24) is 5.32 Å². The molecular formula is C15H19BrFNO2. The number of aliphatic hydroxyl groups excluding tert-OH is 1. The second kappa shape index (κ2) is 6.22. The zero-order valence-corrected chi connectivity index (χ0v) is 13.0. The first-order chi connectivity index (χ1) is 9.44. The van der Waals surface area contributed by atoms with E-state index in [0.717, 1.165) is 22.9 Å². The average Bonchev–Trinajstić information content (AvgIpc) is 3.24. The first-order valence-corrected chi connectivity index (χ1v) is 7.60. The standard InChI is InChI=1S/C15H19BrFNO2/c1-15(9-19,11-3-4-11)18-14(20)7-2-10-8-12(17)5-6-13(10)16/h5-6,8,11,19H,2-4,7,9H2,1H3,(H,18,20). The minimum Gasteiger partial charge on any atom is -0.394 e. The predicted molar refractivity (Wildman–Crippen MR) is 78.8 cm³/mol. The molecule has 2 rings (SSSR count). The van der Waals surface area contributed by atoms with Crippen LogP contribution in [0.3, 0.4) is 0 Å². The molecule has 1 aliphatic rings. The van der Waals surface area contributed by atoms with Crippen LogP contribution in [0.2, 0.25) is 0 Å². The van der Waals surface area contributed by atoms with Gasteiger partial charge in [-0.2, -0.15) is 0 Å². The molecule has 1 aliphatic carbocycles. The van der Waals surface area contributed by atoms with Crippen molar-refractivity contribution < 1.29 is 14.3 Å². The van der Waals surface area contributed by atoms with E-state index in [1.807, 2.05) is 6.92 Å². The summed E-state index contributed by atoms with van der Waals surface area (Å²) in [6.07, 6.45) is 2.85. The topological polar surface area (TPSA) is 49.3 Å². The van der Waals surface area contributed by atoms with E-state index in [-0.39, 0.29) is 24.8 Å². The number of hydrogen-bond donors (Lipinski definition) is 2. The lowest BCUT2D eigenvalue weighted by molar-refractivity contribution is -0.123. The Hall–Kier alpha value is -0.940. The van der Waals surface area contributed by atoms with Gasteiger partial charge in [0, 0.05) is 10.9 Å². The Balaban J connectivity index is 1.90. The lowest BCUT2D eigenvalue weighted by Crippen LogP contribution is -2.50. The zero-order chi connectivity index (χ0) is 14.8. The predicted octanol–water partition coefficient (Wildman–Crippen LogP) is 2.80. The summed E-state index contributed by atoms with van der Waals surface area (Å²) in [5.74, 6) is -0.0382. The summed E-state index contributed by atoms with van der Waals surface area (Å²) in [5, 5.41) is 12.3. The molecule has 1 unspecified atom stereocenters. The van der Waals surface area contributed by atoms with Crippen molar-refractivity contribution in [2.24, 2.45) is 5.92 Å². The number of nitrogens with one attached hydrogen (secondary N) is 1. The molecule has 3 nitrogen and oxygen atoms in total. The van der Waals surface area contributed by atoms with Crippen LogP contribution in [0.15, 0.2) is 22.7 Å². The summed E-state index contributed by atoms with van der Waals surface area (Å²) in [4.78, 5) is 12.0. The van der Waals surface area contributed by atoms with Crippen molar-refractivity contribution in [2.75, 3.05) is 6.61 Å². The van der Waals surface area contributed by atoms with Gasteiger partial charge in [0.1, 0.15) is 5.82 Å². The SMILES string of the molecule is CC(CO)(NC(=O)CCc1cc(F)ccc1Br)C1CC1. The van der Waals surface area contributed by atoms with Crippen molar-refractivity contribution in [2.45, 2.75) is 38.1 Å². The molecule has 5 heteroatoms. The van der Waals surface area contributed by atoms with Gasteiger partial charge in [0.2, 0.25) is 5.91 Å². The number of amides is 1. The van der Waals surface area contributed by atoms with E-state index in [4.69, 9.17) is 0 Å². The highest BCUT2D eigenvalue weighted by molar-refractivity contribution is 9.10. The third-order valence-corrected chi connectivity index (χ3v) is 4.63. The van der Waals surface area contributed by atoms with Crippen molar-refractivity contribution >= 4 is 21.8 Å². The van der Waals surface area contributed by atoms with Crippen molar-refractivity contribution in [3.63, 3.8) is 0 Å². The molecule has 2 N–H and O–H groups in total. The third-order valence-electron chi connectivity index (χ3n) is 3.86. The van der Waals surface area contributed by atoms with Crippen LogP contribution in [0.25, 0.3) is 0 Å². The van der Waals surface area contributed by atoms with Crippen LogP contribution in [0.4, 0.5) is 4.39 Å². The molecule has 0 radical (unpaired) electrons. The van der Waals surface area contributed by atoms with Gasteiger partial charge in [0.05, 0.1) is 12.1 Å². The van der Waals surface area contributed by atoms with Crippen LogP contribution in [0.5, 0.6) is 0 Å². The second-order valence-electron chi connectivity index (χ2n) is 5.63. The Morgan fingerprint density at radius 3 is 2.85 bits per heavy atom. The highest BCUT2D eigenvalue weighted by atomic mass is 79.9. The lowest BCUT2D eigenvalue weighted by Gasteiger charge is -2.28. The number of aryl methyl sites for hydroxylation is 1. The fourth-order valence-electron chi connectivity index (χ4n) is 2.36. The summed E-state index contributed by atoms with van der Waals surface area (Å²) < 4.78 is 14.0. The fourth-order valence-corrected chi connectivity index (χ4v) is 2.80. The van der Waals surface area contributed by atoms with E-state index in [0.29, 0.717) is 12.3 Å². The summed E-state index contributed by atoms with van der Waals surface area (Å²) >= 11 is 3.35.